The van der Waals surface area contributed by atoms with Crippen LogP contribution in [0.1, 0.15) is 52.0 Å². The predicted octanol–water partition coefficient (Wildman–Crippen LogP) is 3.99. The van der Waals surface area contributed by atoms with Gasteiger partial charge in [-0.2, -0.15) is 0 Å². The number of nitrogens with zero attached hydrogens (tertiary/aromatic N) is 1. The summed E-state index contributed by atoms with van der Waals surface area (Å²) in [5.74, 6) is -0.540. The fourth-order valence-corrected chi connectivity index (χ4v) is 2.96. The molecule has 1 fully saturated rings. The first-order valence-corrected chi connectivity index (χ1v) is 9.25. The molecule has 0 radical (unpaired) electrons. The summed E-state index contributed by atoms with van der Waals surface area (Å²) in [6, 6.07) is 6.17. The Morgan fingerprint density at radius 3 is 2.43 bits per heavy atom. The molecular formula is C20H26N2O6. The molecule has 2 rings (SSSR count). The van der Waals surface area contributed by atoms with Crippen molar-refractivity contribution in [3.8, 4) is 0 Å². The summed E-state index contributed by atoms with van der Waals surface area (Å²) in [6.07, 6.45) is 4.54. The molecule has 0 aromatic heterocycles. The first-order valence-electron chi connectivity index (χ1n) is 9.25. The Labute approximate surface area is 164 Å². The van der Waals surface area contributed by atoms with E-state index < -0.39 is 22.6 Å². The fourth-order valence-electron chi connectivity index (χ4n) is 2.96. The number of benzene rings is 1. The smallest absolute Gasteiger partial charge is 0.407 e. The Balaban J connectivity index is 1.79. The van der Waals surface area contributed by atoms with Crippen LogP contribution in [-0.4, -0.2) is 34.7 Å². The zero-order valence-corrected chi connectivity index (χ0v) is 16.3. The molecule has 0 bridgehead atoms. The third kappa shape index (κ3) is 7.02. The topological polar surface area (TPSA) is 108 Å². The number of nitrogens with one attached hydrogen (secondary N) is 1. The molecule has 0 heterocycles. The molecule has 152 valence electrons. The standard InChI is InChI=1S/C20H26N2O6/c1-20(2,3)28-19(24)21-15-9-11-16(12-10-15)27-18(23)13-8-14-6-4-5-7-17(14)22(25)26/h4-8,13,15-16H,9-12H2,1-3H3,(H,21,24)/b13-8+. The van der Waals surface area contributed by atoms with Crippen molar-refractivity contribution in [3.05, 3.63) is 46.0 Å². The number of nitro benzene ring substituents is 1. The molecule has 1 N–H and O–H groups in total. The zero-order valence-electron chi connectivity index (χ0n) is 16.3. The van der Waals surface area contributed by atoms with Gasteiger partial charge in [0.05, 0.1) is 10.5 Å². The van der Waals surface area contributed by atoms with E-state index in [4.69, 9.17) is 9.47 Å². The number of hydrogen-bond donors (Lipinski definition) is 1. The molecule has 28 heavy (non-hydrogen) atoms. The quantitative estimate of drug-likeness (QED) is 0.352. The summed E-state index contributed by atoms with van der Waals surface area (Å²) < 4.78 is 10.6. The summed E-state index contributed by atoms with van der Waals surface area (Å²) in [5.41, 5.74) is -0.272. The summed E-state index contributed by atoms with van der Waals surface area (Å²) in [4.78, 5) is 34.3. The number of para-hydroxylation sites is 1. The number of ether oxygens (including phenoxy) is 2. The van der Waals surface area contributed by atoms with Crippen molar-refractivity contribution in [2.24, 2.45) is 0 Å². The van der Waals surface area contributed by atoms with Crippen LogP contribution in [0.5, 0.6) is 0 Å². The lowest BCUT2D eigenvalue weighted by Crippen LogP contribution is -2.42. The van der Waals surface area contributed by atoms with Crippen molar-refractivity contribution in [1.82, 2.24) is 5.32 Å². The number of carbonyl (C=O) groups excluding carboxylic acids is 2. The third-order valence-corrected chi connectivity index (χ3v) is 4.21. The van der Waals surface area contributed by atoms with E-state index in [1.807, 2.05) is 0 Å². The Kier molecular flexibility index (Phi) is 7.14. The normalized spacial score (nSPS) is 19.8. The average molecular weight is 390 g/mol. The van der Waals surface area contributed by atoms with Crippen molar-refractivity contribution >= 4 is 23.8 Å². The Morgan fingerprint density at radius 1 is 1.18 bits per heavy atom. The van der Waals surface area contributed by atoms with E-state index in [0.717, 1.165) is 0 Å². The molecule has 1 amide bonds. The minimum Gasteiger partial charge on any atom is -0.459 e. The van der Waals surface area contributed by atoms with E-state index in [0.29, 0.717) is 31.2 Å². The fraction of sp³-hybridized carbons (Fsp3) is 0.500. The van der Waals surface area contributed by atoms with Gasteiger partial charge < -0.3 is 14.8 Å². The molecule has 1 aliphatic rings. The molecule has 1 aliphatic carbocycles. The number of rotatable bonds is 5. The van der Waals surface area contributed by atoms with E-state index in [1.165, 1.54) is 18.2 Å². The molecular weight excluding hydrogens is 364 g/mol. The number of esters is 1. The SMILES string of the molecule is CC(C)(C)OC(=O)NC1CCC(OC(=O)/C=C/c2ccccc2[N+](=O)[O-])CC1. The average Bonchev–Trinajstić information content (AvgIpc) is 2.60. The minimum atomic E-state index is -0.545. The van der Waals surface area contributed by atoms with Gasteiger partial charge in [0.15, 0.2) is 0 Å². The van der Waals surface area contributed by atoms with Gasteiger partial charge in [0.2, 0.25) is 0 Å². The van der Waals surface area contributed by atoms with Crippen LogP contribution in [0.3, 0.4) is 0 Å². The number of carbonyl (C=O) groups is 2. The summed E-state index contributed by atoms with van der Waals surface area (Å²) >= 11 is 0. The maximum atomic E-state index is 12.0. The molecule has 8 nitrogen and oxygen atoms in total. The molecule has 0 saturated heterocycles. The van der Waals surface area contributed by atoms with E-state index in [9.17, 15) is 19.7 Å². The van der Waals surface area contributed by atoms with Gasteiger partial charge >= 0.3 is 12.1 Å². The van der Waals surface area contributed by atoms with Crippen molar-refractivity contribution in [1.29, 1.82) is 0 Å². The molecule has 1 aromatic carbocycles. The van der Waals surface area contributed by atoms with E-state index in [2.05, 4.69) is 5.32 Å². The van der Waals surface area contributed by atoms with Crippen LogP contribution in [-0.2, 0) is 14.3 Å². The van der Waals surface area contributed by atoms with Crippen molar-refractivity contribution in [3.63, 3.8) is 0 Å². The van der Waals surface area contributed by atoms with E-state index >= 15 is 0 Å². The monoisotopic (exact) mass is 390 g/mol. The Morgan fingerprint density at radius 2 is 1.82 bits per heavy atom. The summed E-state index contributed by atoms with van der Waals surface area (Å²) in [5, 5.41) is 13.8. The second kappa shape index (κ2) is 9.34. The van der Waals surface area contributed by atoms with Gasteiger partial charge in [-0.3, -0.25) is 10.1 Å². The lowest BCUT2D eigenvalue weighted by Gasteiger charge is -2.29. The van der Waals surface area contributed by atoms with Crippen LogP contribution in [0.15, 0.2) is 30.3 Å². The lowest BCUT2D eigenvalue weighted by molar-refractivity contribution is -0.385. The van der Waals surface area contributed by atoms with Gasteiger partial charge in [-0.1, -0.05) is 12.1 Å². The molecule has 0 atom stereocenters. The Hall–Kier alpha value is -2.90. The summed E-state index contributed by atoms with van der Waals surface area (Å²) in [6.45, 7) is 5.42. The number of hydrogen-bond acceptors (Lipinski definition) is 6. The maximum absolute atomic E-state index is 12.0. The zero-order chi connectivity index (χ0) is 20.7. The van der Waals surface area contributed by atoms with Crippen molar-refractivity contribution in [2.45, 2.75) is 64.2 Å². The van der Waals surface area contributed by atoms with Crippen LogP contribution in [0.2, 0.25) is 0 Å². The van der Waals surface area contributed by atoms with Crippen molar-refractivity contribution in [2.75, 3.05) is 0 Å². The van der Waals surface area contributed by atoms with Crippen LogP contribution in [0, 0.1) is 10.1 Å². The van der Waals surface area contributed by atoms with Gasteiger partial charge in [0.1, 0.15) is 11.7 Å². The van der Waals surface area contributed by atoms with E-state index in [-0.39, 0.29) is 17.8 Å². The number of alkyl carbamates (subject to hydrolysis) is 1. The van der Waals surface area contributed by atoms with Crippen molar-refractivity contribution < 1.29 is 24.0 Å². The van der Waals surface area contributed by atoms with Crippen LogP contribution in [0.25, 0.3) is 6.08 Å². The number of amides is 1. The highest BCUT2D eigenvalue weighted by atomic mass is 16.6. The highest BCUT2D eigenvalue weighted by molar-refractivity contribution is 5.88. The highest BCUT2D eigenvalue weighted by Crippen LogP contribution is 2.23. The highest BCUT2D eigenvalue weighted by Gasteiger charge is 2.26. The molecule has 0 spiro atoms. The van der Waals surface area contributed by atoms with Gasteiger partial charge in [-0.25, -0.2) is 9.59 Å². The molecule has 8 heteroatoms. The van der Waals surface area contributed by atoms with Gasteiger partial charge in [-0.05, 0) is 58.6 Å². The number of nitro groups is 1. The predicted molar refractivity (Wildman–Crippen MR) is 104 cm³/mol. The van der Waals surface area contributed by atoms with Crippen LogP contribution in [0.4, 0.5) is 10.5 Å². The molecule has 1 saturated carbocycles. The Bertz CT molecular complexity index is 745. The second-order valence-corrected chi connectivity index (χ2v) is 7.71. The second-order valence-electron chi connectivity index (χ2n) is 7.71. The van der Waals surface area contributed by atoms with Gasteiger partial charge in [-0.15, -0.1) is 0 Å². The first-order chi connectivity index (χ1) is 13.1. The minimum absolute atomic E-state index is 0.00712. The largest absolute Gasteiger partial charge is 0.459 e. The van der Waals surface area contributed by atoms with Gasteiger partial charge in [0.25, 0.3) is 5.69 Å². The molecule has 1 aromatic rings. The van der Waals surface area contributed by atoms with E-state index in [1.54, 1.807) is 39.0 Å². The maximum Gasteiger partial charge on any atom is 0.407 e. The molecule has 0 aliphatic heterocycles. The van der Waals surface area contributed by atoms with Gasteiger partial charge in [0, 0.05) is 18.2 Å². The third-order valence-electron chi connectivity index (χ3n) is 4.21. The van der Waals surface area contributed by atoms with Crippen LogP contribution < -0.4 is 5.32 Å². The lowest BCUT2D eigenvalue weighted by atomic mass is 9.93. The molecule has 0 unspecified atom stereocenters. The van der Waals surface area contributed by atoms with Crippen LogP contribution >= 0.6 is 0 Å². The first kappa shape index (κ1) is 21.4. The summed E-state index contributed by atoms with van der Waals surface area (Å²) in [7, 11) is 0.